The van der Waals surface area contributed by atoms with Crippen LogP contribution < -0.4 is 0 Å². The third kappa shape index (κ3) is 3.71. The van der Waals surface area contributed by atoms with Crippen LogP contribution >= 0.6 is 11.3 Å². The first-order valence-electron chi connectivity index (χ1n) is 4.99. The molecule has 1 heterocycles. The number of carbonyl (C=O) groups excluding carboxylic acids is 3. The molecule has 1 aromatic heterocycles. The van der Waals surface area contributed by atoms with E-state index in [1.165, 1.54) is 13.2 Å². The van der Waals surface area contributed by atoms with Gasteiger partial charge in [0.2, 0.25) is 0 Å². The quantitative estimate of drug-likeness (QED) is 0.353. The van der Waals surface area contributed by atoms with Gasteiger partial charge in [0.25, 0.3) is 5.78 Å². The maximum absolute atomic E-state index is 11.5. The zero-order valence-electron chi connectivity index (χ0n) is 9.81. The number of carbonyl (C=O) groups is 3. The Morgan fingerprint density at radius 1 is 1.33 bits per heavy atom. The summed E-state index contributed by atoms with van der Waals surface area (Å²) in [5.41, 5.74) is 0. The van der Waals surface area contributed by atoms with Gasteiger partial charge < -0.3 is 9.47 Å². The van der Waals surface area contributed by atoms with Crippen LogP contribution in [0.2, 0.25) is 0 Å². The summed E-state index contributed by atoms with van der Waals surface area (Å²) in [6, 6.07) is 3.01. The molecule has 0 radical (unpaired) electrons. The van der Waals surface area contributed by atoms with Gasteiger partial charge in [-0.1, -0.05) is 0 Å². The topological polar surface area (TPSA) is 69.7 Å². The van der Waals surface area contributed by atoms with Crippen molar-refractivity contribution >= 4 is 29.1 Å². The summed E-state index contributed by atoms with van der Waals surface area (Å²) in [5, 5.41) is 0. The Balaban J connectivity index is 2.79. The summed E-state index contributed by atoms with van der Waals surface area (Å²) in [5.74, 6) is 2.48. The highest BCUT2D eigenvalue weighted by molar-refractivity contribution is 7.15. The van der Waals surface area contributed by atoms with E-state index in [1.54, 1.807) is 13.0 Å². The third-order valence-electron chi connectivity index (χ3n) is 1.76. The minimum absolute atomic E-state index is 0.144. The van der Waals surface area contributed by atoms with Crippen LogP contribution in [0.15, 0.2) is 12.1 Å². The van der Waals surface area contributed by atoms with E-state index >= 15 is 0 Å². The van der Waals surface area contributed by atoms with Gasteiger partial charge in [-0.3, -0.25) is 4.79 Å². The maximum atomic E-state index is 11.5. The fourth-order valence-corrected chi connectivity index (χ4v) is 1.78. The molecule has 94 valence electrons. The SMILES string of the molecule is CCOC(=O)C(=O)c1ccc(C#CC(=O)OC)s1. The number of Topliss-reactive ketones (excluding diaryl/α,β-unsaturated/α-hetero) is 1. The van der Waals surface area contributed by atoms with Gasteiger partial charge in [0.15, 0.2) is 0 Å². The molecule has 1 aromatic rings. The van der Waals surface area contributed by atoms with Gasteiger partial charge in [0.05, 0.1) is 23.5 Å². The Kier molecular flexibility index (Phi) is 5.08. The normalized spacial score (nSPS) is 9.00. The fraction of sp³-hybridized carbons (Fsp3) is 0.250. The first-order chi connectivity index (χ1) is 8.58. The van der Waals surface area contributed by atoms with Crippen molar-refractivity contribution in [1.29, 1.82) is 0 Å². The summed E-state index contributed by atoms with van der Waals surface area (Å²) < 4.78 is 8.94. The first-order valence-corrected chi connectivity index (χ1v) is 5.81. The van der Waals surface area contributed by atoms with E-state index in [0.717, 1.165) is 11.3 Å². The molecule has 0 bridgehead atoms. The Morgan fingerprint density at radius 3 is 2.67 bits per heavy atom. The Bertz CT molecular complexity index is 532. The van der Waals surface area contributed by atoms with Gasteiger partial charge in [-0.15, -0.1) is 11.3 Å². The molecule has 0 amide bonds. The molecule has 6 heteroatoms. The monoisotopic (exact) mass is 266 g/mol. The van der Waals surface area contributed by atoms with E-state index in [1.807, 2.05) is 0 Å². The molecule has 0 aliphatic rings. The second-order valence-corrected chi connectivity index (χ2v) is 4.04. The Hall–Kier alpha value is -2.13. The van der Waals surface area contributed by atoms with Gasteiger partial charge in [-0.25, -0.2) is 9.59 Å². The molecule has 0 atom stereocenters. The predicted molar refractivity (Wildman–Crippen MR) is 64.2 cm³/mol. The molecule has 0 aromatic carbocycles. The molecule has 0 saturated heterocycles. The van der Waals surface area contributed by atoms with Crippen LogP contribution in [-0.2, 0) is 19.1 Å². The highest BCUT2D eigenvalue weighted by atomic mass is 32.1. The lowest BCUT2D eigenvalue weighted by Gasteiger charge is -1.97. The maximum Gasteiger partial charge on any atom is 0.384 e. The lowest BCUT2D eigenvalue weighted by atomic mass is 10.3. The van der Waals surface area contributed by atoms with Crippen LogP contribution in [0.25, 0.3) is 0 Å². The van der Waals surface area contributed by atoms with Gasteiger partial charge in [0.1, 0.15) is 0 Å². The van der Waals surface area contributed by atoms with Gasteiger partial charge in [-0.2, -0.15) is 0 Å². The van der Waals surface area contributed by atoms with Crippen LogP contribution in [-0.4, -0.2) is 31.4 Å². The fourth-order valence-electron chi connectivity index (χ4n) is 0.988. The number of thiophene rings is 1. The van der Waals surface area contributed by atoms with E-state index in [2.05, 4.69) is 21.3 Å². The lowest BCUT2D eigenvalue weighted by molar-refractivity contribution is -0.137. The standard InChI is InChI=1S/C12H10O5S/c1-3-17-12(15)11(14)9-6-4-8(18-9)5-7-10(13)16-2/h4,6H,3H2,1-2H3. The summed E-state index contributed by atoms with van der Waals surface area (Å²) in [7, 11) is 1.22. The lowest BCUT2D eigenvalue weighted by Crippen LogP contribution is -2.16. The number of ketones is 1. The average molecular weight is 266 g/mol. The molecule has 18 heavy (non-hydrogen) atoms. The van der Waals surface area contributed by atoms with Crippen molar-refractivity contribution in [3.8, 4) is 11.8 Å². The molecule has 0 N–H and O–H groups in total. The van der Waals surface area contributed by atoms with E-state index < -0.39 is 17.7 Å². The molecule has 0 saturated carbocycles. The van der Waals surface area contributed by atoms with Crippen LogP contribution in [0.1, 0.15) is 21.5 Å². The minimum atomic E-state index is -0.896. The van der Waals surface area contributed by atoms with Crippen molar-refractivity contribution in [2.45, 2.75) is 6.92 Å². The van der Waals surface area contributed by atoms with Crippen LogP contribution in [0.3, 0.4) is 0 Å². The highest BCUT2D eigenvalue weighted by Gasteiger charge is 2.19. The second kappa shape index (κ2) is 6.57. The van der Waals surface area contributed by atoms with Crippen molar-refractivity contribution < 1.29 is 23.9 Å². The number of methoxy groups -OCH3 is 1. The van der Waals surface area contributed by atoms with Crippen LogP contribution in [0.5, 0.6) is 0 Å². The van der Waals surface area contributed by atoms with E-state index in [4.69, 9.17) is 0 Å². The zero-order chi connectivity index (χ0) is 13.5. The number of rotatable bonds is 3. The number of ether oxygens (including phenoxy) is 2. The van der Waals surface area contributed by atoms with Gasteiger partial charge in [0, 0.05) is 5.92 Å². The molecule has 0 spiro atoms. The van der Waals surface area contributed by atoms with Crippen molar-refractivity contribution in [3.05, 3.63) is 21.9 Å². The van der Waals surface area contributed by atoms with Crippen molar-refractivity contribution in [2.24, 2.45) is 0 Å². The molecule has 5 nitrogen and oxygen atoms in total. The van der Waals surface area contributed by atoms with Crippen molar-refractivity contribution in [2.75, 3.05) is 13.7 Å². The minimum Gasteiger partial charge on any atom is -0.460 e. The van der Waals surface area contributed by atoms with Crippen molar-refractivity contribution in [3.63, 3.8) is 0 Å². The molecular formula is C12H10O5S. The predicted octanol–water partition coefficient (Wildman–Crippen LogP) is 1.02. The van der Waals surface area contributed by atoms with E-state index in [0.29, 0.717) is 4.88 Å². The van der Waals surface area contributed by atoms with Crippen LogP contribution in [0.4, 0.5) is 0 Å². The third-order valence-corrected chi connectivity index (χ3v) is 2.76. The molecule has 1 rings (SSSR count). The highest BCUT2D eigenvalue weighted by Crippen LogP contribution is 2.16. The van der Waals surface area contributed by atoms with Gasteiger partial charge >= 0.3 is 11.9 Å². The molecule has 0 unspecified atom stereocenters. The molecule has 0 aliphatic heterocycles. The second-order valence-electron chi connectivity index (χ2n) is 2.96. The largest absolute Gasteiger partial charge is 0.460 e. The van der Waals surface area contributed by atoms with Crippen LogP contribution in [0, 0.1) is 11.8 Å². The summed E-state index contributed by atoms with van der Waals surface area (Å²) in [6.45, 7) is 1.76. The number of hydrogen-bond donors (Lipinski definition) is 0. The molecule has 0 fully saturated rings. The zero-order valence-corrected chi connectivity index (χ0v) is 10.6. The van der Waals surface area contributed by atoms with E-state index in [-0.39, 0.29) is 11.5 Å². The molecular weight excluding hydrogens is 256 g/mol. The molecule has 0 aliphatic carbocycles. The average Bonchev–Trinajstić information content (AvgIpc) is 2.84. The first kappa shape index (κ1) is 13.9. The van der Waals surface area contributed by atoms with E-state index in [9.17, 15) is 14.4 Å². The Morgan fingerprint density at radius 2 is 2.06 bits per heavy atom. The smallest absolute Gasteiger partial charge is 0.384 e. The van der Waals surface area contributed by atoms with Crippen molar-refractivity contribution in [1.82, 2.24) is 0 Å². The summed E-state index contributed by atoms with van der Waals surface area (Å²) >= 11 is 1.02. The number of hydrogen-bond acceptors (Lipinski definition) is 6. The summed E-state index contributed by atoms with van der Waals surface area (Å²) in [6.07, 6.45) is 0. The Labute approximate surface area is 108 Å². The number of esters is 2. The van der Waals surface area contributed by atoms with Gasteiger partial charge in [-0.05, 0) is 25.0 Å². The summed E-state index contributed by atoms with van der Waals surface area (Å²) in [4.78, 5) is 34.2.